The molecule has 0 fully saturated rings. The molecule has 0 radical (unpaired) electrons. The molecule has 4 rings (SSSR count). The first-order chi connectivity index (χ1) is 12.0. The lowest BCUT2D eigenvalue weighted by atomic mass is 10.1. The van der Waals surface area contributed by atoms with Gasteiger partial charge < -0.3 is 5.11 Å². The maximum atomic E-state index is 12.5. The standard InChI is InChI=1S/C20H17NO3S/c1-13-6-9-15(10-7-13)25(23,24)21-14-8-11-17-16-4-2-3-5-18(16)20(22)19(17)12-14/h2-12,20-22H,1H3. The average molecular weight is 351 g/mol. The van der Waals surface area contributed by atoms with Crippen LogP contribution >= 0.6 is 0 Å². The van der Waals surface area contributed by atoms with Gasteiger partial charge in [0.25, 0.3) is 10.0 Å². The van der Waals surface area contributed by atoms with E-state index in [0.29, 0.717) is 11.3 Å². The first-order valence-corrected chi connectivity index (χ1v) is 9.45. The maximum absolute atomic E-state index is 12.5. The third kappa shape index (κ3) is 2.71. The Morgan fingerprint density at radius 3 is 2.32 bits per heavy atom. The van der Waals surface area contributed by atoms with Crippen molar-refractivity contribution in [2.45, 2.75) is 17.9 Å². The van der Waals surface area contributed by atoms with Crippen LogP contribution in [0.1, 0.15) is 22.8 Å². The van der Waals surface area contributed by atoms with Crippen LogP contribution in [0, 0.1) is 6.92 Å². The lowest BCUT2D eigenvalue weighted by molar-refractivity contribution is 0.225. The molecular weight excluding hydrogens is 334 g/mol. The summed E-state index contributed by atoms with van der Waals surface area (Å²) in [5, 5.41) is 10.5. The molecular formula is C20H17NO3S. The molecule has 4 nitrogen and oxygen atoms in total. The molecule has 1 atom stereocenters. The van der Waals surface area contributed by atoms with Gasteiger partial charge in [-0.05, 0) is 53.4 Å². The number of hydrogen-bond donors (Lipinski definition) is 2. The summed E-state index contributed by atoms with van der Waals surface area (Å²) in [6.07, 6.45) is -0.741. The number of aliphatic hydroxyl groups excluding tert-OH is 1. The van der Waals surface area contributed by atoms with Crippen LogP contribution in [0.3, 0.4) is 0 Å². The van der Waals surface area contributed by atoms with Crippen LogP contribution in [0.15, 0.2) is 71.6 Å². The molecule has 0 saturated heterocycles. The predicted molar refractivity (Wildman–Crippen MR) is 97.9 cm³/mol. The molecule has 0 bridgehead atoms. The van der Waals surface area contributed by atoms with Gasteiger partial charge in [-0.2, -0.15) is 0 Å². The second-order valence-electron chi connectivity index (χ2n) is 6.21. The molecule has 3 aromatic rings. The summed E-state index contributed by atoms with van der Waals surface area (Å²) in [5.41, 5.74) is 4.91. The van der Waals surface area contributed by atoms with Crippen LogP contribution < -0.4 is 4.72 Å². The Hall–Kier alpha value is -2.63. The largest absolute Gasteiger partial charge is 0.384 e. The van der Waals surface area contributed by atoms with Crippen LogP contribution in [-0.2, 0) is 10.0 Å². The number of hydrogen-bond acceptors (Lipinski definition) is 3. The molecule has 1 unspecified atom stereocenters. The molecule has 0 saturated carbocycles. The zero-order valence-corrected chi connectivity index (χ0v) is 14.4. The van der Waals surface area contributed by atoms with Gasteiger partial charge in [0.15, 0.2) is 0 Å². The van der Waals surface area contributed by atoms with E-state index in [-0.39, 0.29) is 4.90 Å². The van der Waals surface area contributed by atoms with E-state index in [2.05, 4.69) is 4.72 Å². The van der Waals surface area contributed by atoms with Crippen molar-refractivity contribution in [1.29, 1.82) is 0 Å². The number of aliphatic hydroxyl groups is 1. The topological polar surface area (TPSA) is 66.4 Å². The minimum Gasteiger partial charge on any atom is -0.384 e. The van der Waals surface area contributed by atoms with Crippen molar-refractivity contribution >= 4 is 15.7 Å². The molecule has 1 aliphatic carbocycles. The first kappa shape index (κ1) is 15.9. The van der Waals surface area contributed by atoms with Crippen LogP contribution in [-0.4, -0.2) is 13.5 Å². The van der Waals surface area contributed by atoms with Crippen molar-refractivity contribution in [3.05, 3.63) is 83.4 Å². The molecule has 0 heterocycles. The summed E-state index contributed by atoms with van der Waals surface area (Å²) in [6.45, 7) is 1.91. The van der Waals surface area contributed by atoms with Gasteiger partial charge in [-0.3, -0.25) is 4.72 Å². The molecule has 1 aliphatic rings. The lowest BCUT2D eigenvalue weighted by Crippen LogP contribution is -2.13. The first-order valence-electron chi connectivity index (χ1n) is 7.96. The predicted octanol–water partition coefficient (Wildman–Crippen LogP) is 3.86. The lowest BCUT2D eigenvalue weighted by Gasteiger charge is -2.11. The number of aryl methyl sites for hydroxylation is 1. The highest BCUT2D eigenvalue weighted by atomic mass is 32.2. The highest BCUT2D eigenvalue weighted by molar-refractivity contribution is 7.92. The Morgan fingerprint density at radius 1 is 0.880 bits per heavy atom. The van der Waals surface area contributed by atoms with Crippen molar-refractivity contribution in [1.82, 2.24) is 0 Å². The van der Waals surface area contributed by atoms with E-state index >= 15 is 0 Å². The van der Waals surface area contributed by atoms with E-state index in [1.54, 1.807) is 36.4 Å². The average Bonchev–Trinajstić information content (AvgIpc) is 2.88. The highest BCUT2D eigenvalue weighted by Crippen LogP contribution is 2.44. The smallest absolute Gasteiger partial charge is 0.261 e. The van der Waals surface area contributed by atoms with Crippen molar-refractivity contribution in [3.63, 3.8) is 0 Å². The Balaban J connectivity index is 1.69. The third-order valence-electron chi connectivity index (χ3n) is 4.48. The number of anilines is 1. The summed E-state index contributed by atoms with van der Waals surface area (Å²) in [6, 6.07) is 19.6. The van der Waals surface area contributed by atoms with E-state index in [1.807, 2.05) is 37.3 Å². The molecule has 0 aliphatic heterocycles. The van der Waals surface area contributed by atoms with Crippen LogP contribution in [0.5, 0.6) is 0 Å². The molecule has 0 aromatic heterocycles. The molecule has 3 aromatic carbocycles. The quantitative estimate of drug-likeness (QED) is 0.753. The zero-order chi connectivity index (χ0) is 17.6. The Kier molecular flexibility index (Phi) is 3.63. The van der Waals surface area contributed by atoms with E-state index in [0.717, 1.165) is 22.3 Å². The fourth-order valence-electron chi connectivity index (χ4n) is 3.18. The number of nitrogens with one attached hydrogen (secondary N) is 1. The number of sulfonamides is 1. The summed E-state index contributed by atoms with van der Waals surface area (Å²) in [4.78, 5) is 0.211. The molecule has 5 heteroatoms. The van der Waals surface area contributed by atoms with E-state index in [9.17, 15) is 13.5 Å². The molecule has 0 spiro atoms. The van der Waals surface area contributed by atoms with Crippen molar-refractivity contribution in [2.75, 3.05) is 4.72 Å². The van der Waals surface area contributed by atoms with E-state index in [4.69, 9.17) is 0 Å². The minimum absolute atomic E-state index is 0.211. The van der Waals surface area contributed by atoms with Crippen LogP contribution in [0.2, 0.25) is 0 Å². The SMILES string of the molecule is Cc1ccc(S(=O)(=O)Nc2ccc3c(c2)C(O)c2ccccc2-3)cc1. The monoisotopic (exact) mass is 351 g/mol. The van der Waals surface area contributed by atoms with Gasteiger partial charge in [0.2, 0.25) is 0 Å². The van der Waals surface area contributed by atoms with Gasteiger partial charge in [-0.1, -0.05) is 48.0 Å². The van der Waals surface area contributed by atoms with Gasteiger partial charge >= 0.3 is 0 Å². The van der Waals surface area contributed by atoms with Gasteiger partial charge in [0.1, 0.15) is 6.10 Å². The Morgan fingerprint density at radius 2 is 1.56 bits per heavy atom. The van der Waals surface area contributed by atoms with Crippen LogP contribution in [0.4, 0.5) is 5.69 Å². The molecule has 0 amide bonds. The summed E-state index contributed by atoms with van der Waals surface area (Å²) in [7, 11) is -3.66. The Bertz CT molecular complexity index is 1060. The summed E-state index contributed by atoms with van der Waals surface area (Å²) >= 11 is 0. The van der Waals surface area contributed by atoms with Gasteiger partial charge in [-0.25, -0.2) is 8.42 Å². The fraction of sp³-hybridized carbons (Fsp3) is 0.100. The second-order valence-corrected chi connectivity index (χ2v) is 7.89. The maximum Gasteiger partial charge on any atom is 0.261 e. The normalized spacial score (nSPS) is 15.5. The Labute approximate surface area is 146 Å². The fourth-order valence-corrected chi connectivity index (χ4v) is 4.23. The molecule has 126 valence electrons. The van der Waals surface area contributed by atoms with Crippen molar-refractivity contribution in [2.24, 2.45) is 0 Å². The van der Waals surface area contributed by atoms with E-state index in [1.165, 1.54) is 0 Å². The number of benzene rings is 3. The van der Waals surface area contributed by atoms with Gasteiger partial charge in [0.05, 0.1) is 4.90 Å². The zero-order valence-electron chi connectivity index (χ0n) is 13.6. The van der Waals surface area contributed by atoms with Gasteiger partial charge in [-0.15, -0.1) is 0 Å². The number of fused-ring (bicyclic) bond motifs is 3. The van der Waals surface area contributed by atoms with E-state index < -0.39 is 16.1 Å². The van der Waals surface area contributed by atoms with Crippen molar-refractivity contribution in [3.8, 4) is 11.1 Å². The summed E-state index contributed by atoms with van der Waals surface area (Å²) < 4.78 is 27.7. The number of rotatable bonds is 3. The second kappa shape index (κ2) is 5.72. The van der Waals surface area contributed by atoms with Gasteiger partial charge in [0, 0.05) is 5.69 Å². The third-order valence-corrected chi connectivity index (χ3v) is 5.87. The van der Waals surface area contributed by atoms with Crippen LogP contribution in [0.25, 0.3) is 11.1 Å². The molecule has 2 N–H and O–H groups in total. The molecule has 25 heavy (non-hydrogen) atoms. The summed E-state index contributed by atoms with van der Waals surface area (Å²) in [5.74, 6) is 0. The minimum atomic E-state index is -3.66. The van der Waals surface area contributed by atoms with Crippen molar-refractivity contribution < 1.29 is 13.5 Å². The highest BCUT2D eigenvalue weighted by Gasteiger charge is 2.27.